The van der Waals surface area contributed by atoms with Gasteiger partial charge in [-0.05, 0) is 60.6 Å². The molecule has 1 heterocycles. The van der Waals surface area contributed by atoms with Gasteiger partial charge in [0.2, 0.25) is 0 Å². The van der Waals surface area contributed by atoms with Crippen LogP contribution in [0.5, 0.6) is 5.75 Å². The van der Waals surface area contributed by atoms with E-state index in [1.165, 1.54) is 43.5 Å². The van der Waals surface area contributed by atoms with E-state index in [9.17, 15) is 0 Å². The molecule has 4 nitrogen and oxygen atoms in total. The Kier molecular flexibility index (Phi) is 9.54. The Morgan fingerprint density at radius 3 is 2.19 bits per heavy atom. The zero-order valence-corrected chi connectivity index (χ0v) is 21.5. The maximum absolute atomic E-state index is 6.00. The Morgan fingerprint density at radius 1 is 0.968 bits per heavy atom. The zero-order valence-electron chi connectivity index (χ0n) is 20.7. The van der Waals surface area contributed by atoms with Crippen LogP contribution in [0.4, 0.5) is 5.69 Å². The highest BCUT2D eigenvalue weighted by Crippen LogP contribution is 2.53. The summed E-state index contributed by atoms with van der Waals surface area (Å²) in [6, 6.07) is 6.84. The van der Waals surface area contributed by atoms with Gasteiger partial charge in [-0.25, -0.2) is 0 Å². The summed E-state index contributed by atoms with van der Waals surface area (Å²) in [4.78, 5) is 5.21. The summed E-state index contributed by atoms with van der Waals surface area (Å²) in [6.45, 7) is 19.0. The number of benzene rings is 1. The number of hydrogen-bond acceptors (Lipinski definition) is 4. The minimum absolute atomic E-state index is 0. The van der Waals surface area contributed by atoms with Crippen molar-refractivity contribution in [1.82, 2.24) is 4.90 Å². The van der Waals surface area contributed by atoms with Gasteiger partial charge in [-0.1, -0.05) is 40.7 Å². The Labute approximate surface area is 197 Å². The lowest BCUT2D eigenvalue weighted by Crippen LogP contribution is -2.47. The number of hydrogen-bond donors (Lipinski definition) is 0. The van der Waals surface area contributed by atoms with E-state index in [1.807, 2.05) is 0 Å². The van der Waals surface area contributed by atoms with Crippen molar-refractivity contribution in [3.05, 3.63) is 23.8 Å². The Hall–Kier alpha value is -0.970. The Balaban J connectivity index is 0.00000341. The van der Waals surface area contributed by atoms with E-state index in [4.69, 9.17) is 9.47 Å². The van der Waals surface area contributed by atoms with E-state index >= 15 is 0 Å². The Morgan fingerprint density at radius 2 is 1.61 bits per heavy atom. The molecule has 0 radical (unpaired) electrons. The van der Waals surface area contributed by atoms with Crippen LogP contribution in [0.1, 0.15) is 71.8 Å². The van der Waals surface area contributed by atoms with Gasteiger partial charge in [-0.3, -0.25) is 4.90 Å². The fourth-order valence-corrected chi connectivity index (χ4v) is 6.07. The van der Waals surface area contributed by atoms with Crippen molar-refractivity contribution in [2.45, 2.75) is 66.2 Å². The van der Waals surface area contributed by atoms with Gasteiger partial charge in [0.1, 0.15) is 12.4 Å². The molecule has 0 aromatic heterocycles. The third-order valence-electron chi connectivity index (χ3n) is 6.81. The van der Waals surface area contributed by atoms with Crippen LogP contribution in [0.25, 0.3) is 0 Å². The average molecular weight is 453 g/mol. The highest BCUT2D eigenvalue weighted by atomic mass is 35.5. The second kappa shape index (κ2) is 11.2. The molecule has 1 aliphatic carbocycles. The van der Waals surface area contributed by atoms with Gasteiger partial charge in [0, 0.05) is 45.0 Å². The molecule has 1 aromatic rings. The lowest BCUT2D eigenvalue weighted by molar-refractivity contribution is 0.0969. The third kappa shape index (κ3) is 7.27. The molecule has 31 heavy (non-hydrogen) atoms. The van der Waals surface area contributed by atoms with Crippen molar-refractivity contribution in [3.63, 3.8) is 0 Å². The average Bonchev–Trinajstić information content (AvgIpc) is 2.66. The molecule has 1 saturated heterocycles. The molecule has 178 valence electrons. The topological polar surface area (TPSA) is 24.9 Å². The summed E-state index contributed by atoms with van der Waals surface area (Å²) in [6.07, 6.45) is 5.08. The normalized spacial score (nSPS) is 21.5. The number of nitrogens with zero attached hydrogens (tertiary/aromatic N) is 2. The second-order valence-electron chi connectivity index (χ2n) is 11.0. The quantitative estimate of drug-likeness (QED) is 0.452. The van der Waals surface area contributed by atoms with Gasteiger partial charge in [0.25, 0.3) is 0 Å². The van der Waals surface area contributed by atoms with Crippen LogP contribution < -0.4 is 9.64 Å². The lowest BCUT2D eigenvalue weighted by Gasteiger charge is -2.46. The predicted octanol–water partition coefficient (Wildman–Crippen LogP) is 5.99. The number of piperazine rings is 1. The van der Waals surface area contributed by atoms with Crippen molar-refractivity contribution in [2.24, 2.45) is 10.8 Å². The first-order chi connectivity index (χ1) is 14.2. The third-order valence-corrected chi connectivity index (χ3v) is 6.81. The van der Waals surface area contributed by atoms with Crippen LogP contribution in [0.3, 0.4) is 0 Å². The molecule has 2 fully saturated rings. The van der Waals surface area contributed by atoms with Crippen LogP contribution in [0.15, 0.2) is 18.2 Å². The fraction of sp³-hybridized carbons (Fsp3) is 0.769. The highest BCUT2D eigenvalue weighted by Gasteiger charge is 2.40. The molecule has 1 aliphatic heterocycles. The number of ether oxygens (including phenoxy) is 2. The number of halogens is 1. The lowest BCUT2D eigenvalue weighted by atomic mass is 9.60. The van der Waals surface area contributed by atoms with Crippen LogP contribution in [-0.2, 0) is 4.74 Å². The number of methoxy groups -OCH3 is 1. The molecule has 0 unspecified atom stereocenters. The molecule has 0 bridgehead atoms. The first-order valence-corrected chi connectivity index (χ1v) is 12.0. The largest absolute Gasteiger partial charge is 0.491 e. The molecule has 1 saturated carbocycles. The SMILES string of the molecule is CCCN1CCN(c2cc(OCCOC)ccc2C2CC(C)(C)CC(C)(C)C2)CC1.Cl. The van der Waals surface area contributed by atoms with E-state index in [1.54, 1.807) is 7.11 Å². The monoisotopic (exact) mass is 452 g/mol. The maximum Gasteiger partial charge on any atom is 0.121 e. The number of anilines is 1. The van der Waals surface area contributed by atoms with Gasteiger partial charge in [-0.15, -0.1) is 12.4 Å². The van der Waals surface area contributed by atoms with E-state index < -0.39 is 0 Å². The van der Waals surface area contributed by atoms with Gasteiger partial charge in [0.05, 0.1) is 6.61 Å². The summed E-state index contributed by atoms with van der Waals surface area (Å²) in [7, 11) is 1.72. The van der Waals surface area contributed by atoms with Gasteiger partial charge < -0.3 is 14.4 Å². The minimum Gasteiger partial charge on any atom is -0.491 e. The second-order valence-corrected chi connectivity index (χ2v) is 11.0. The summed E-state index contributed by atoms with van der Waals surface area (Å²) in [5.74, 6) is 1.58. The molecular weight excluding hydrogens is 408 g/mol. The molecule has 1 aromatic carbocycles. The Bertz CT molecular complexity index is 668. The van der Waals surface area contributed by atoms with E-state index in [-0.39, 0.29) is 12.4 Å². The molecule has 2 aliphatic rings. The van der Waals surface area contributed by atoms with Crippen molar-refractivity contribution in [2.75, 3.05) is 57.9 Å². The first kappa shape index (κ1) is 26.3. The molecule has 0 spiro atoms. The van der Waals surface area contributed by atoms with Gasteiger partial charge in [0.15, 0.2) is 0 Å². The molecule has 0 atom stereocenters. The highest BCUT2D eigenvalue weighted by molar-refractivity contribution is 5.85. The van der Waals surface area contributed by atoms with Crippen LogP contribution in [-0.4, -0.2) is 57.9 Å². The maximum atomic E-state index is 6.00. The van der Waals surface area contributed by atoms with E-state index in [2.05, 4.69) is 62.6 Å². The van der Waals surface area contributed by atoms with Crippen molar-refractivity contribution in [1.29, 1.82) is 0 Å². The zero-order chi connectivity index (χ0) is 21.8. The van der Waals surface area contributed by atoms with Crippen molar-refractivity contribution >= 4 is 18.1 Å². The minimum atomic E-state index is 0. The first-order valence-electron chi connectivity index (χ1n) is 12.0. The molecule has 3 rings (SSSR count). The molecule has 0 N–H and O–H groups in total. The summed E-state index contributed by atoms with van der Waals surface area (Å²) < 4.78 is 11.2. The summed E-state index contributed by atoms with van der Waals surface area (Å²) in [5.41, 5.74) is 3.70. The molecule has 0 amide bonds. The number of rotatable bonds is 8. The van der Waals surface area contributed by atoms with Crippen LogP contribution >= 0.6 is 12.4 Å². The van der Waals surface area contributed by atoms with Gasteiger partial charge in [-0.2, -0.15) is 0 Å². The standard InChI is InChI=1S/C26H44N2O2.ClH/c1-7-10-27-11-13-28(14-12-27)24-17-22(30-16-15-29-6)8-9-23(24)21-18-25(2,3)20-26(4,5)19-21;/h8-9,17,21H,7,10-16,18-20H2,1-6H3;1H. The fourth-order valence-electron chi connectivity index (χ4n) is 6.07. The van der Waals surface area contributed by atoms with E-state index in [0.717, 1.165) is 31.9 Å². The molecular formula is C26H45ClN2O2. The predicted molar refractivity (Wildman–Crippen MR) is 134 cm³/mol. The van der Waals surface area contributed by atoms with Crippen molar-refractivity contribution < 1.29 is 9.47 Å². The summed E-state index contributed by atoms with van der Waals surface area (Å²) >= 11 is 0. The summed E-state index contributed by atoms with van der Waals surface area (Å²) in [5, 5.41) is 0. The molecule has 5 heteroatoms. The van der Waals surface area contributed by atoms with Gasteiger partial charge >= 0.3 is 0 Å². The van der Waals surface area contributed by atoms with E-state index in [0.29, 0.717) is 30.0 Å². The van der Waals surface area contributed by atoms with Crippen LogP contribution in [0, 0.1) is 10.8 Å². The van der Waals surface area contributed by atoms with Crippen molar-refractivity contribution in [3.8, 4) is 5.75 Å². The smallest absolute Gasteiger partial charge is 0.121 e. The van der Waals surface area contributed by atoms with Crippen LogP contribution in [0.2, 0.25) is 0 Å².